The molecule has 0 aliphatic heterocycles. The number of fused-ring (bicyclic) bond motifs is 2. The summed E-state index contributed by atoms with van der Waals surface area (Å²) in [6.45, 7) is 1.89. The zero-order valence-electron chi connectivity index (χ0n) is 10.9. The van der Waals surface area contributed by atoms with Gasteiger partial charge in [-0.1, -0.05) is 48.6 Å². The van der Waals surface area contributed by atoms with E-state index in [1.54, 1.807) is 0 Å². The van der Waals surface area contributed by atoms with E-state index in [1.165, 1.54) is 29.2 Å². The summed E-state index contributed by atoms with van der Waals surface area (Å²) in [5.41, 5.74) is 5.21. The first kappa shape index (κ1) is 12.0. The fourth-order valence-corrected chi connectivity index (χ4v) is 2.86. The van der Waals surface area contributed by atoms with Crippen LogP contribution in [0.1, 0.15) is 30.4 Å². The number of esters is 1. The minimum atomic E-state index is -0.220. The monoisotopic (exact) mass is 252 g/mol. The Labute approximate surface area is 113 Å². The topological polar surface area (TPSA) is 26.3 Å². The summed E-state index contributed by atoms with van der Waals surface area (Å²) in [4.78, 5) is 11.1. The lowest BCUT2D eigenvalue weighted by atomic mass is 9.96. The third-order valence-electron chi connectivity index (χ3n) is 3.68. The molecular weight excluding hydrogens is 236 g/mol. The molecule has 2 aliphatic rings. The molecule has 19 heavy (non-hydrogen) atoms. The van der Waals surface area contributed by atoms with Crippen LogP contribution in [-0.2, 0) is 9.53 Å². The van der Waals surface area contributed by atoms with Crippen LogP contribution < -0.4 is 0 Å². The molecule has 0 aromatic heterocycles. The molecular formula is C17H16O2. The molecule has 96 valence electrons. The maximum Gasteiger partial charge on any atom is 0.302 e. The highest BCUT2D eigenvalue weighted by molar-refractivity contribution is 5.82. The molecule has 1 atom stereocenters. The highest BCUT2D eigenvalue weighted by atomic mass is 16.5. The Kier molecular flexibility index (Phi) is 3.08. The van der Waals surface area contributed by atoms with Crippen molar-refractivity contribution in [2.75, 3.05) is 6.61 Å². The molecule has 0 N–H and O–H groups in total. The van der Waals surface area contributed by atoms with Crippen molar-refractivity contribution < 1.29 is 9.53 Å². The van der Waals surface area contributed by atoms with Gasteiger partial charge in [0.1, 0.15) is 6.61 Å². The molecule has 0 amide bonds. The van der Waals surface area contributed by atoms with Gasteiger partial charge in [-0.15, -0.1) is 0 Å². The van der Waals surface area contributed by atoms with Gasteiger partial charge in [-0.05, 0) is 28.7 Å². The van der Waals surface area contributed by atoms with Crippen LogP contribution in [0.2, 0.25) is 0 Å². The highest BCUT2D eigenvalue weighted by Crippen LogP contribution is 2.44. The van der Waals surface area contributed by atoms with E-state index in [0.29, 0.717) is 6.61 Å². The Bertz CT molecular complexity index is 605. The van der Waals surface area contributed by atoms with Crippen LogP contribution in [-0.4, -0.2) is 12.6 Å². The highest BCUT2D eigenvalue weighted by Gasteiger charge is 2.30. The molecule has 2 aliphatic carbocycles. The van der Waals surface area contributed by atoms with Crippen LogP contribution in [0, 0.1) is 0 Å². The molecule has 2 nitrogen and oxygen atoms in total. The molecule has 0 saturated heterocycles. The maximum atomic E-state index is 11.1. The normalized spacial score (nSPS) is 19.9. The molecule has 0 bridgehead atoms. The second-order valence-corrected chi connectivity index (χ2v) is 4.87. The molecule has 0 spiro atoms. The Morgan fingerprint density at radius 1 is 1.32 bits per heavy atom. The van der Waals surface area contributed by atoms with E-state index in [9.17, 15) is 4.79 Å². The Morgan fingerprint density at radius 3 is 3.00 bits per heavy atom. The number of allylic oxidation sites excluding steroid dienone is 5. The van der Waals surface area contributed by atoms with E-state index < -0.39 is 0 Å². The quantitative estimate of drug-likeness (QED) is 0.751. The van der Waals surface area contributed by atoms with E-state index in [-0.39, 0.29) is 11.9 Å². The first-order valence-corrected chi connectivity index (χ1v) is 6.56. The minimum Gasteiger partial charge on any atom is -0.465 e. The lowest BCUT2D eigenvalue weighted by Gasteiger charge is -2.14. The predicted octanol–water partition coefficient (Wildman–Crippen LogP) is 3.62. The molecule has 2 heteroatoms. The Balaban J connectivity index is 2.02. The summed E-state index contributed by atoms with van der Waals surface area (Å²) in [7, 11) is 0. The molecule has 0 radical (unpaired) electrons. The van der Waals surface area contributed by atoms with Crippen LogP contribution in [0.25, 0.3) is 5.57 Å². The van der Waals surface area contributed by atoms with Crippen molar-refractivity contribution >= 4 is 11.5 Å². The zero-order valence-corrected chi connectivity index (χ0v) is 10.9. The van der Waals surface area contributed by atoms with Crippen LogP contribution >= 0.6 is 0 Å². The number of ether oxygens (including phenoxy) is 1. The second-order valence-electron chi connectivity index (χ2n) is 4.87. The number of benzene rings is 1. The van der Waals surface area contributed by atoms with E-state index >= 15 is 0 Å². The largest absolute Gasteiger partial charge is 0.465 e. The lowest BCUT2D eigenvalue weighted by Crippen LogP contribution is -2.10. The van der Waals surface area contributed by atoms with Crippen molar-refractivity contribution in [2.24, 2.45) is 0 Å². The zero-order chi connectivity index (χ0) is 13.2. The van der Waals surface area contributed by atoms with Crippen molar-refractivity contribution in [1.82, 2.24) is 0 Å². The summed E-state index contributed by atoms with van der Waals surface area (Å²) in [5, 5.41) is 0. The molecule has 0 heterocycles. The van der Waals surface area contributed by atoms with Gasteiger partial charge < -0.3 is 4.74 Å². The molecule has 1 aromatic carbocycles. The number of hydrogen-bond donors (Lipinski definition) is 0. The van der Waals surface area contributed by atoms with E-state index in [4.69, 9.17) is 4.74 Å². The predicted molar refractivity (Wildman–Crippen MR) is 75.6 cm³/mol. The standard InChI is InChI=1S/C17H16O2/c1-12(18)19-11-17-15-8-4-2-3-7-13(15)14-9-5-6-10-16(14)17/h2-6,8-10,17H,7,11H2,1H3. The second kappa shape index (κ2) is 4.88. The summed E-state index contributed by atoms with van der Waals surface area (Å²) in [6, 6.07) is 8.41. The van der Waals surface area contributed by atoms with E-state index in [2.05, 4.69) is 42.5 Å². The number of hydrogen-bond acceptors (Lipinski definition) is 2. The molecule has 1 aromatic rings. The van der Waals surface area contributed by atoms with Gasteiger partial charge in [0.2, 0.25) is 0 Å². The van der Waals surface area contributed by atoms with Gasteiger partial charge in [0.15, 0.2) is 0 Å². The molecule has 0 saturated carbocycles. The van der Waals surface area contributed by atoms with Gasteiger partial charge in [-0.3, -0.25) is 4.79 Å². The van der Waals surface area contributed by atoms with Crippen LogP contribution in [0.15, 0.2) is 54.1 Å². The van der Waals surface area contributed by atoms with Crippen LogP contribution in [0.4, 0.5) is 0 Å². The van der Waals surface area contributed by atoms with Gasteiger partial charge in [0.25, 0.3) is 0 Å². The average molecular weight is 252 g/mol. The summed E-state index contributed by atoms with van der Waals surface area (Å²) in [6.07, 6.45) is 9.39. The van der Waals surface area contributed by atoms with Crippen LogP contribution in [0.5, 0.6) is 0 Å². The van der Waals surface area contributed by atoms with Crippen LogP contribution in [0.3, 0.4) is 0 Å². The average Bonchev–Trinajstić information content (AvgIpc) is 2.56. The van der Waals surface area contributed by atoms with Crippen molar-refractivity contribution in [3.05, 3.63) is 65.3 Å². The Morgan fingerprint density at radius 2 is 2.16 bits per heavy atom. The van der Waals surface area contributed by atoms with Crippen molar-refractivity contribution in [3.63, 3.8) is 0 Å². The lowest BCUT2D eigenvalue weighted by molar-refractivity contribution is -0.141. The third-order valence-corrected chi connectivity index (χ3v) is 3.68. The van der Waals surface area contributed by atoms with E-state index in [0.717, 1.165) is 6.42 Å². The number of carbonyl (C=O) groups is 1. The van der Waals surface area contributed by atoms with E-state index in [1.807, 2.05) is 6.07 Å². The number of rotatable bonds is 2. The van der Waals surface area contributed by atoms with Gasteiger partial charge in [-0.2, -0.15) is 0 Å². The van der Waals surface area contributed by atoms with Gasteiger partial charge >= 0.3 is 5.97 Å². The fraction of sp³-hybridized carbons (Fsp3) is 0.235. The van der Waals surface area contributed by atoms with Gasteiger partial charge in [0, 0.05) is 12.8 Å². The van der Waals surface area contributed by atoms with Gasteiger partial charge in [0.05, 0.1) is 0 Å². The van der Waals surface area contributed by atoms with Gasteiger partial charge in [-0.25, -0.2) is 0 Å². The summed E-state index contributed by atoms with van der Waals surface area (Å²) < 4.78 is 5.25. The SMILES string of the molecule is CC(=O)OCC1C2=C(CC=CC=C2)c2ccccc21. The molecule has 0 fully saturated rings. The minimum absolute atomic E-state index is 0.172. The maximum absolute atomic E-state index is 11.1. The van der Waals surface area contributed by atoms with Crippen molar-refractivity contribution in [3.8, 4) is 0 Å². The fourth-order valence-electron chi connectivity index (χ4n) is 2.86. The molecule has 1 unspecified atom stereocenters. The first-order valence-electron chi connectivity index (χ1n) is 6.56. The number of carbonyl (C=O) groups excluding carboxylic acids is 1. The summed E-state index contributed by atoms with van der Waals surface area (Å²) in [5.74, 6) is -0.0477. The smallest absolute Gasteiger partial charge is 0.302 e. The first-order chi connectivity index (χ1) is 9.27. The van der Waals surface area contributed by atoms with Crippen molar-refractivity contribution in [1.29, 1.82) is 0 Å². The summed E-state index contributed by atoms with van der Waals surface area (Å²) >= 11 is 0. The van der Waals surface area contributed by atoms with Crippen molar-refractivity contribution in [2.45, 2.75) is 19.3 Å². The Hall–Kier alpha value is -2.09. The molecule has 3 rings (SSSR count). The third kappa shape index (κ3) is 2.14.